The maximum atomic E-state index is 12.5. The van der Waals surface area contributed by atoms with Crippen LogP contribution in [0.1, 0.15) is 33.3 Å². The van der Waals surface area contributed by atoms with Crippen molar-refractivity contribution in [3.63, 3.8) is 0 Å². The van der Waals surface area contributed by atoms with E-state index in [9.17, 15) is 8.42 Å². The summed E-state index contributed by atoms with van der Waals surface area (Å²) in [5.74, 6) is 0.578. The predicted octanol–water partition coefficient (Wildman–Crippen LogP) is 2.13. The summed E-state index contributed by atoms with van der Waals surface area (Å²) < 4.78 is 33.0. The van der Waals surface area contributed by atoms with Gasteiger partial charge in [-0.05, 0) is 37.1 Å². The summed E-state index contributed by atoms with van der Waals surface area (Å²) in [6, 6.07) is 5.09. The van der Waals surface area contributed by atoms with Crippen LogP contribution in [-0.2, 0) is 16.6 Å². The zero-order valence-electron chi connectivity index (χ0n) is 13.4. The molecule has 0 fully saturated rings. The number of sulfonamides is 1. The highest BCUT2D eigenvalue weighted by Crippen LogP contribution is 2.25. The van der Waals surface area contributed by atoms with E-state index >= 15 is 0 Å². The first-order chi connectivity index (χ1) is 9.81. The monoisotopic (exact) mass is 314 g/mol. The molecule has 0 heterocycles. The summed E-state index contributed by atoms with van der Waals surface area (Å²) in [5, 5.41) is 3.18. The summed E-state index contributed by atoms with van der Waals surface area (Å²) in [7, 11) is -2.12. The highest BCUT2D eigenvalue weighted by Gasteiger charge is 2.23. The van der Waals surface area contributed by atoms with E-state index in [1.165, 1.54) is 7.11 Å². The highest BCUT2D eigenvalue weighted by atomic mass is 32.2. The van der Waals surface area contributed by atoms with E-state index < -0.39 is 10.0 Å². The molecule has 2 N–H and O–H groups in total. The molecule has 1 aromatic carbocycles. The van der Waals surface area contributed by atoms with Crippen LogP contribution < -0.4 is 14.8 Å². The van der Waals surface area contributed by atoms with E-state index in [1.807, 2.05) is 33.8 Å². The van der Waals surface area contributed by atoms with Gasteiger partial charge in [0.25, 0.3) is 0 Å². The Morgan fingerprint density at radius 1 is 1.24 bits per heavy atom. The van der Waals surface area contributed by atoms with E-state index in [1.54, 1.807) is 12.1 Å². The van der Waals surface area contributed by atoms with Gasteiger partial charge in [-0.25, -0.2) is 13.1 Å². The Hall–Kier alpha value is -1.11. The minimum Gasteiger partial charge on any atom is -0.495 e. The number of nitrogens with one attached hydrogen (secondary N) is 2. The van der Waals surface area contributed by atoms with Crippen LogP contribution in [0, 0.1) is 5.92 Å². The Bertz CT molecular complexity index is 556. The van der Waals surface area contributed by atoms with E-state index in [0.29, 0.717) is 12.3 Å². The molecule has 0 aliphatic rings. The van der Waals surface area contributed by atoms with Crippen molar-refractivity contribution in [2.24, 2.45) is 5.92 Å². The highest BCUT2D eigenvalue weighted by molar-refractivity contribution is 7.89. The fraction of sp³-hybridized carbons (Fsp3) is 0.600. The molecule has 21 heavy (non-hydrogen) atoms. The van der Waals surface area contributed by atoms with Crippen LogP contribution in [-0.4, -0.2) is 28.1 Å². The van der Waals surface area contributed by atoms with Gasteiger partial charge in [0.15, 0.2) is 0 Å². The quantitative estimate of drug-likeness (QED) is 0.771. The van der Waals surface area contributed by atoms with Crippen LogP contribution in [0.3, 0.4) is 0 Å². The van der Waals surface area contributed by atoms with E-state index in [-0.39, 0.29) is 16.9 Å². The van der Waals surface area contributed by atoms with Crippen molar-refractivity contribution < 1.29 is 13.2 Å². The molecule has 6 heteroatoms. The molecule has 0 spiro atoms. The number of hydrogen-bond acceptors (Lipinski definition) is 4. The zero-order valence-corrected chi connectivity index (χ0v) is 14.3. The molecule has 1 aromatic rings. The van der Waals surface area contributed by atoms with Crippen LogP contribution in [0.2, 0.25) is 0 Å². The van der Waals surface area contributed by atoms with Gasteiger partial charge < -0.3 is 10.1 Å². The standard InChI is InChI=1S/C15H26N2O3S/c1-6-16-10-13-7-8-14(20-5)15(9-13)21(18,19)17-12(4)11(2)3/h7-9,11-12,16-17H,6,10H2,1-5H3. The molecule has 0 amide bonds. The SMILES string of the molecule is CCNCc1ccc(OC)c(S(=O)(=O)NC(C)C(C)C)c1. The summed E-state index contributed by atoms with van der Waals surface area (Å²) in [4.78, 5) is 0.188. The van der Waals surface area contributed by atoms with Crippen LogP contribution in [0.15, 0.2) is 23.1 Å². The van der Waals surface area contributed by atoms with Gasteiger partial charge in [0.05, 0.1) is 7.11 Å². The predicted molar refractivity (Wildman–Crippen MR) is 85.0 cm³/mol. The minimum absolute atomic E-state index is 0.142. The summed E-state index contributed by atoms with van der Waals surface area (Å²) in [6.45, 7) is 9.28. The molecule has 0 radical (unpaired) electrons. The fourth-order valence-corrected chi connectivity index (χ4v) is 3.37. The number of ether oxygens (including phenoxy) is 1. The minimum atomic E-state index is -3.60. The van der Waals surface area contributed by atoms with Crippen molar-refractivity contribution in [1.82, 2.24) is 10.0 Å². The van der Waals surface area contributed by atoms with Gasteiger partial charge >= 0.3 is 0 Å². The second-order valence-electron chi connectivity index (χ2n) is 5.42. The smallest absolute Gasteiger partial charge is 0.244 e. The first-order valence-electron chi connectivity index (χ1n) is 7.21. The maximum absolute atomic E-state index is 12.5. The largest absolute Gasteiger partial charge is 0.495 e. The summed E-state index contributed by atoms with van der Waals surface area (Å²) in [5.41, 5.74) is 0.912. The Morgan fingerprint density at radius 3 is 2.43 bits per heavy atom. The first kappa shape index (κ1) is 17.9. The van der Waals surface area contributed by atoms with Gasteiger partial charge in [-0.15, -0.1) is 0 Å². The molecule has 0 saturated heterocycles. The van der Waals surface area contributed by atoms with Crippen LogP contribution in [0.5, 0.6) is 5.75 Å². The molecule has 1 atom stereocenters. The molecular weight excluding hydrogens is 288 g/mol. The lowest BCUT2D eigenvalue weighted by molar-refractivity contribution is 0.400. The fourth-order valence-electron chi connectivity index (χ4n) is 1.75. The zero-order chi connectivity index (χ0) is 16.0. The number of rotatable bonds is 8. The first-order valence-corrected chi connectivity index (χ1v) is 8.70. The van der Waals surface area contributed by atoms with E-state index in [4.69, 9.17) is 4.74 Å². The lowest BCUT2D eigenvalue weighted by Gasteiger charge is -2.19. The molecule has 0 aromatic heterocycles. The van der Waals surface area contributed by atoms with Gasteiger partial charge in [-0.2, -0.15) is 0 Å². The van der Waals surface area contributed by atoms with Crippen molar-refractivity contribution in [3.05, 3.63) is 23.8 Å². The Labute approximate surface area is 128 Å². The average Bonchev–Trinajstić information content (AvgIpc) is 2.44. The molecule has 1 rings (SSSR count). The van der Waals surface area contributed by atoms with E-state index in [0.717, 1.165) is 12.1 Å². The normalized spacial score (nSPS) is 13.4. The van der Waals surface area contributed by atoms with Gasteiger partial charge in [-0.1, -0.05) is 26.8 Å². The molecule has 0 aliphatic carbocycles. The Kier molecular flexibility index (Phi) is 6.64. The Balaban J connectivity index is 3.12. The Morgan fingerprint density at radius 2 is 1.90 bits per heavy atom. The average molecular weight is 314 g/mol. The summed E-state index contributed by atoms with van der Waals surface area (Å²) >= 11 is 0. The topological polar surface area (TPSA) is 67.4 Å². The molecular formula is C15H26N2O3S. The molecule has 5 nitrogen and oxygen atoms in total. The van der Waals surface area contributed by atoms with Crippen molar-refractivity contribution in [2.75, 3.05) is 13.7 Å². The molecule has 0 bridgehead atoms. The van der Waals surface area contributed by atoms with Gasteiger partial charge in [0.2, 0.25) is 10.0 Å². The molecule has 0 aliphatic heterocycles. The van der Waals surface area contributed by atoms with Crippen molar-refractivity contribution in [1.29, 1.82) is 0 Å². The number of hydrogen-bond donors (Lipinski definition) is 2. The third-order valence-corrected chi connectivity index (χ3v) is 5.02. The summed E-state index contributed by atoms with van der Waals surface area (Å²) in [6.07, 6.45) is 0. The van der Waals surface area contributed by atoms with Crippen molar-refractivity contribution in [2.45, 2.75) is 45.2 Å². The molecule has 120 valence electrons. The lowest BCUT2D eigenvalue weighted by Crippen LogP contribution is -2.36. The van der Waals surface area contributed by atoms with Crippen molar-refractivity contribution >= 4 is 10.0 Å². The van der Waals surface area contributed by atoms with Gasteiger partial charge in [0.1, 0.15) is 10.6 Å². The van der Waals surface area contributed by atoms with Crippen molar-refractivity contribution in [3.8, 4) is 5.75 Å². The number of methoxy groups -OCH3 is 1. The second kappa shape index (κ2) is 7.77. The van der Waals surface area contributed by atoms with Crippen LogP contribution in [0.25, 0.3) is 0 Å². The van der Waals surface area contributed by atoms with Crippen LogP contribution >= 0.6 is 0 Å². The van der Waals surface area contributed by atoms with Gasteiger partial charge in [-0.3, -0.25) is 0 Å². The van der Waals surface area contributed by atoms with Gasteiger partial charge in [0, 0.05) is 12.6 Å². The maximum Gasteiger partial charge on any atom is 0.244 e. The van der Waals surface area contributed by atoms with Crippen LogP contribution in [0.4, 0.5) is 0 Å². The molecule has 1 unspecified atom stereocenters. The third kappa shape index (κ3) is 4.98. The lowest BCUT2D eigenvalue weighted by atomic mass is 10.1. The van der Waals surface area contributed by atoms with E-state index in [2.05, 4.69) is 10.0 Å². The second-order valence-corrected chi connectivity index (χ2v) is 7.10. The molecule has 0 saturated carbocycles. The third-order valence-electron chi connectivity index (χ3n) is 3.44. The number of benzene rings is 1.